The summed E-state index contributed by atoms with van der Waals surface area (Å²) < 4.78 is 26.4. The van der Waals surface area contributed by atoms with E-state index in [-0.39, 0.29) is 21.7 Å². The van der Waals surface area contributed by atoms with Gasteiger partial charge in [0.25, 0.3) is 10.3 Å². The molecule has 6 nitrogen and oxygen atoms in total. The maximum atomic E-state index is 6.78. The fourth-order valence-electron chi connectivity index (χ4n) is 6.08. The zero-order valence-electron chi connectivity index (χ0n) is 38.6. The fraction of sp³-hybridized carbons (Fsp3) is 0.458. The molecule has 0 atom stereocenters. The molecule has 0 aliphatic carbocycles. The van der Waals surface area contributed by atoms with Crippen molar-refractivity contribution in [2.75, 3.05) is 42.4 Å². The van der Waals surface area contributed by atoms with Crippen LogP contribution in [0.5, 0.6) is 23.0 Å². The summed E-state index contributed by atoms with van der Waals surface area (Å²) in [4.78, 5) is 11.2. The number of thiocarbonyl (C=S) groups is 2. The molecule has 60 heavy (non-hydrogen) atoms. The molecule has 12 heteroatoms. The summed E-state index contributed by atoms with van der Waals surface area (Å²) in [6.07, 6.45) is 0. The van der Waals surface area contributed by atoms with Gasteiger partial charge in [0.15, 0.2) is 11.5 Å². The molecule has 1 heterocycles. The van der Waals surface area contributed by atoms with Gasteiger partial charge in [-0.1, -0.05) is 130 Å². The minimum atomic E-state index is -0.181. The van der Waals surface area contributed by atoms with Gasteiger partial charge < -0.3 is 28.7 Å². The highest BCUT2D eigenvalue weighted by molar-refractivity contribution is 8.01. The second-order valence-corrected chi connectivity index (χ2v) is 24.6. The molecular formula is C48H62N2O4S6. The number of methoxy groups -OCH3 is 2. The van der Waals surface area contributed by atoms with Crippen LogP contribution >= 0.6 is 71.5 Å². The number of nitrogens with zero attached hydrogens (tertiary/aromatic N) is 2. The van der Waals surface area contributed by atoms with Crippen molar-refractivity contribution in [1.82, 2.24) is 9.80 Å². The Bertz CT molecular complexity index is 2030. The van der Waals surface area contributed by atoms with Crippen molar-refractivity contribution < 1.29 is 18.9 Å². The lowest BCUT2D eigenvalue weighted by Gasteiger charge is -2.28. The highest BCUT2D eigenvalue weighted by Crippen LogP contribution is 2.56. The summed E-state index contributed by atoms with van der Waals surface area (Å²) in [7, 11) is 11.1. The van der Waals surface area contributed by atoms with E-state index in [2.05, 4.69) is 132 Å². The molecule has 0 spiro atoms. The van der Waals surface area contributed by atoms with E-state index in [9.17, 15) is 0 Å². The number of rotatable bonds is 4. The molecule has 0 amide bonds. The zero-order chi connectivity index (χ0) is 44.9. The Morgan fingerprint density at radius 3 is 0.717 bits per heavy atom. The van der Waals surface area contributed by atoms with E-state index in [0.29, 0.717) is 21.8 Å². The quantitative estimate of drug-likeness (QED) is 0.161. The van der Waals surface area contributed by atoms with E-state index in [4.69, 9.17) is 43.4 Å². The van der Waals surface area contributed by atoms with Crippen molar-refractivity contribution in [2.45, 2.75) is 144 Å². The van der Waals surface area contributed by atoms with Crippen molar-refractivity contribution in [3.05, 3.63) is 70.8 Å². The van der Waals surface area contributed by atoms with Crippen LogP contribution in [0, 0.1) is 0 Å². The lowest BCUT2D eigenvalue weighted by atomic mass is 9.87. The first-order valence-electron chi connectivity index (χ1n) is 19.9. The lowest BCUT2D eigenvalue weighted by molar-refractivity contribution is 0.393. The van der Waals surface area contributed by atoms with Crippen LogP contribution in [0.25, 0.3) is 0 Å². The maximum absolute atomic E-state index is 6.78. The van der Waals surface area contributed by atoms with Crippen molar-refractivity contribution >= 4 is 81.8 Å². The SMILES string of the molecule is COc1c2cc(C(C)(C)C)cc1Sc1cc(C(C)(C)C)cc(c1OC(=S)N(C)C)Sc1cc(C(C)(C)C)cc(c1OC)Sc1cc(C(C)(C)C)cc(c1OC(=S)N(C)C)S2. The third kappa shape index (κ3) is 11.1. The molecule has 1 aliphatic heterocycles. The Morgan fingerprint density at radius 2 is 0.567 bits per heavy atom. The highest BCUT2D eigenvalue weighted by Gasteiger charge is 2.31. The van der Waals surface area contributed by atoms with Gasteiger partial charge in [-0.15, -0.1) is 0 Å². The molecular weight excluding hydrogens is 861 g/mol. The average molecular weight is 923 g/mol. The molecule has 5 rings (SSSR count). The first-order chi connectivity index (χ1) is 27.6. The topological polar surface area (TPSA) is 43.4 Å². The standard InChI is InChI=1S/C48H62N2O4S6/c1-45(2,3)27-19-31-39(51-17)32(20-27)58-36-24-30(48(10,11)12)26-38(42(36)54-44(56)50(15)16)60-34-22-28(46(4,5)6)21-33(40(34)52-18)59-37-25-29(47(7,8)9)23-35(57-31)41(37)53-43(55)49(13)14/h19-26H,1-18H3. The Kier molecular flexibility index (Phi) is 14.6. The smallest absolute Gasteiger partial charge is 0.264 e. The first-order valence-corrected chi connectivity index (χ1v) is 24.0. The molecule has 1 aliphatic rings. The van der Waals surface area contributed by atoms with Crippen LogP contribution in [0.1, 0.15) is 105 Å². The fourth-order valence-corrected chi connectivity index (χ4v) is 11.1. The van der Waals surface area contributed by atoms with Crippen LogP contribution in [-0.4, -0.2) is 62.6 Å². The number of hydrogen-bond acceptors (Lipinski definition) is 10. The van der Waals surface area contributed by atoms with Gasteiger partial charge in [0.1, 0.15) is 11.5 Å². The molecule has 4 aromatic rings. The van der Waals surface area contributed by atoms with Crippen molar-refractivity contribution in [3.8, 4) is 23.0 Å². The summed E-state index contributed by atoms with van der Waals surface area (Å²) in [6, 6.07) is 18.0. The lowest BCUT2D eigenvalue weighted by Crippen LogP contribution is -2.25. The van der Waals surface area contributed by atoms with Gasteiger partial charge in [0.2, 0.25) is 0 Å². The normalized spacial score (nSPS) is 13.4. The monoisotopic (exact) mass is 922 g/mol. The Morgan fingerprint density at radius 1 is 0.383 bits per heavy atom. The van der Waals surface area contributed by atoms with E-state index < -0.39 is 0 Å². The highest BCUT2D eigenvalue weighted by atomic mass is 32.2. The van der Waals surface area contributed by atoms with Gasteiger partial charge >= 0.3 is 0 Å². The summed E-state index contributed by atoms with van der Waals surface area (Å²) in [6.45, 7) is 26.9. The number of fused-ring (bicyclic) bond motifs is 8. The summed E-state index contributed by atoms with van der Waals surface area (Å²) in [5, 5.41) is 0.734. The molecule has 4 aromatic carbocycles. The van der Waals surface area contributed by atoms with Crippen LogP contribution in [0.2, 0.25) is 0 Å². The molecule has 0 aromatic heterocycles. The predicted octanol–water partition coefficient (Wildman–Crippen LogP) is 14.3. The van der Waals surface area contributed by atoms with E-state index >= 15 is 0 Å². The summed E-state index contributed by atoms with van der Waals surface area (Å²) in [5.74, 6) is 2.90. The van der Waals surface area contributed by atoms with E-state index in [0.717, 1.165) is 50.7 Å². The molecule has 0 fully saturated rings. The molecule has 0 radical (unpaired) electrons. The number of benzene rings is 4. The number of hydrogen-bond donors (Lipinski definition) is 0. The summed E-state index contributed by atoms with van der Waals surface area (Å²) >= 11 is 18.3. The minimum Gasteiger partial charge on any atom is -0.494 e. The Labute approximate surface area is 388 Å². The van der Waals surface area contributed by atoms with Crippen LogP contribution < -0.4 is 18.9 Å². The molecule has 0 unspecified atom stereocenters. The van der Waals surface area contributed by atoms with Crippen LogP contribution in [0.3, 0.4) is 0 Å². The second kappa shape index (κ2) is 18.2. The van der Waals surface area contributed by atoms with Gasteiger partial charge in [0.05, 0.1) is 53.4 Å². The van der Waals surface area contributed by atoms with E-state index in [1.54, 1.807) is 61.3 Å². The third-order valence-corrected chi connectivity index (χ3v) is 15.0. The largest absolute Gasteiger partial charge is 0.494 e. The van der Waals surface area contributed by atoms with Crippen LogP contribution in [-0.2, 0) is 21.7 Å². The van der Waals surface area contributed by atoms with Gasteiger partial charge in [-0.25, -0.2) is 0 Å². The van der Waals surface area contributed by atoms with Crippen molar-refractivity contribution in [3.63, 3.8) is 0 Å². The predicted molar refractivity (Wildman–Crippen MR) is 264 cm³/mol. The average Bonchev–Trinajstić information content (AvgIpc) is 3.11. The van der Waals surface area contributed by atoms with E-state index in [1.165, 1.54) is 22.3 Å². The van der Waals surface area contributed by atoms with Crippen molar-refractivity contribution in [2.24, 2.45) is 0 Å². The van der Waals surface area contributed by atoms with E-state index in [1.807, 2.05) is 38.0 Å². The van der Waals surface area contributed by atoms with Crippen LogP contribution in [0.4, 0.5) is 0 Å². The van der Waals surface area contributed by atoms with Gasteiger partial charge in [-0.2, -0.15) is 0 Å². The number of ether oxygens (including phenoxy) is 4. The summed E-state index contributed by atoms with van der Waals surface area (Å²) in [5.41, 5.74) is 3.96. The van der Waals surface area contributed by atoms with Gasteiger partial charge in [-0.3, -0.25) is 0 Å². The molecule has 0 N–H and O–H groups in total. The Balaban J connectivity index is 2.03. The maximum Gasteiger partial charge on any atom is 0.264 e. The first kappa shape index (κ1) is 48.3. The Hall–Kier alpha value is -2.74. The zero-order valence-corrected chi connectivity index (χ0v) is 43.5. The van der Waals surface area contributed by atoms with Gasteiger partial charge in [0, 0.05) is 28.2 Å². The third-order valence-electron chi connectivity index (χ3n) is 9.94. The molecule has 324 valence electrons. The minimum absolute atomic E-state index is 0.179. The molecule has 8 bridgehead atoms. The molecule has 0 saturated heterocycles. The van der Waals surface area contributed by atoms with Crippen molar-refractivity contribution in [1.29, 1.82) is 0 Å². The second-order valence-electron chi connectivity index (χ2n) is 19.5. The van der Waals surface area contributed by atoms with Gasteiger partial charge in [-0.05, 0) is 117 Å². The molecule has 0 saturated carbocycles. The van der Waals surface area contributed by atoms with Crippen LogP contribution in [0.15, 0.2) is 87.7 Å².